The van der Waals surface area contributed by atoms with E-state index in [4.69, 9.17) is 15.6 Å². The largest absolute Gasteiger partial charge is 0.480 e. The van der Waals surface area contributed by atoms with Crippen molar-refractivity contribution < 1.29 is 14.6 Å². The van der Waals surface area contributed by atoms with Crippen molar-refractivity contribution in [2.45, 2.75) is 52.9 Å². The number of hydrogen-bond donors (Lipinski definition) is 2. The van der Waals surface area contributed by atoms with E-state index in [0.717, 1.165) is 25.8 Å². The number of aliphatic carboxylic acids is 1. The molecule has 0 aromatic rings. The fourth-order valence-electron chi connectivity index (χ4n) is 2.14. The Balaban J connectivity index is 3.83. The lowest BCUT2D eigenvalue weighted by Gasteiger charge is -2.31. The van der Waals surface area contributed by atoms with Crippen molar-refractivity contribution in [2.75, 3.05) is 19.8 Å². The molecule has 0 bridgehead atoms. The third-order valence-electron chi connectivity index (χ3n) is 3.30. The van der Waals surface area contributed by atoms with Crippen LogP contribution in [0.2, 0.25) is 0 Å². The molecular formula is C14H29NO3. The Morgan fingerprint density at radius 2 is 1.83 bits per heavy atom. The molecule has 1 unspecified atom stereocenters. The molecule has 4 nitrogen and oxygen atoms in total. The Hall–Kier alpha value is -0.610. The van der Waals surface area contributed by atoms with Gasteiger partial charge in [-0.05, 0) is 43.6 Å². The lowest BCUT2D eigenvalue weighted by Crippen LogP contribution is -2.21. The number of unbranched alkanes of at least 4 members (excludes halogenated alkanes) is 1. The number of nitrogens with two attached hydrogens (primary N) is 1. The van der Waals surface area contributed by atoms with Crippen molar-refractivity contribution in [3.63, 3.8) is 0 Å². The van der Waals surface area contributed by atoms with E-state index in [2.05, 4.69) is 20.8 Å². The second kappa shape index (κ2) is 9.34. The van der Waals surface area contributed by atoms with Gasteiger partial charge in [0.05, 0.1) is 0 Å². The quantitative estimate of drug-likeness (QED) is 0.592. The summed E-state index contributed by atoms with van der Waals surface area (Å²) in [6.45, 7) is 7.90. The molecule has 0 aromatic carbocycles. The molecule has 0 fully saturated rings. The van der Waals surface area contributed by atoms with Gasteiger partial charge in [0.25, 0.3) is 0 Å². The maximum Gasteiger partial charge on any atom is 0.329 e. The average Bonchev–Trinajstić information content (AvgIpc) is 2.24. The predicted molar refractivity (Wildman–Crippen MR) is 73.5 cm³/mol. The first-order valence-electron chi connectivity index (χ1n) is 6.87. The first-order chi connectivity index (χ1) is 8.38. The van der Waals surface area contributed by atoms with Gasteiger partial charge in [0.2, 0.25) is 0 Å². The van der Waals surface area contributed by atoms with Gasteiger partial charge in [0.15, 0.2) is 0 Å². The summed E-state index contributed by atoms with van der Waals surface area (Å²) in [5, 5.41) is 8.46. The van der Waals surface area contributed by atoms with E-state index in [1.807, 2.05) is 0 Å². The standard InChI is InChI=1S/C14H29NO3/c1-14(2,3)12(7-4-5-9-15)8-6-10-18-11-13(16)17/h12H,4-11,15H2,1-3H3,(H,16,17). The van der Waals surface area contributed by atoms with E-state index >= 15 is 0 Å². The topological polar surface area (TPSA) is 72.5 Å². The Morgan fingerprint density at radius 1 is 1.22 bits per heavy atom. The molecule has 0 spiro atoms. The first-order valence-corrected chi connectivity index (χ1v) is 6.87. The molecule has 18 heavy (non-hydrogen) atoms. The zero-order valence-electron chi connectivity index (χ0n) is 12.1. The van der Waals surface area contributed by atoms with E-state index in [1.54, 1.807) is 0 Å². The molecule has 108 valence electrons. The van der Waals surface area contributed by atoms with Gasteiger partial charge in [-0.2, -0.15) is 0 Å². The van der Waals surface area contributed by atoms with Crippen LogP contribution < -0.4 is 5.73 Å². The van der Waals surface area contributed by atoms with Gasteiger partial charge in [0.1, 0.15) is 6.61 Å². The van der Waals surface area contributed by atoms with Crippen LogP contribution in [0.3, 0.4) is 0 Å². The molecule has 0 aromatic heterocycles. The fourth-order valence-corrected chi connectivity index (χ4v) is 2.14. The summed E-state index contributed by atoms with van der Waals surface area (Å²) in [5.41, 5.74) is 5.81. The van der Waals surface area contributed by atoms with E-state index in [-0.39, 0.29) is 6.61 Å². The van der Waals surface area contributed by atoms with Crippen LogP contribution >= 0.6 is 0 Å². The smallest absolute Gasteiger partial charge is 0.329 e. The number of carboxylic acids is 1. The van der Waals surface area contributed by atoms with Crippen molar-refractivity contribution in [1.82, 2.24) is 0 Å². The highest BCUT2D eigenvalue weighted by molar-refractivity contribution is 5.67. The lowest BCUT2D eigenvalue weighted by molar-refractivity contribution is -0.142. The number of hydrogen-bond acceptors (Lipinski definition) is 3. The highest BCUT2D eigenvalue weighted by Crippen LogP contribution is 2.33. The summed E-state index contributed by atoms with van der Waals surface area (Å²) in [4.78, 5) is 10.3. The lowest BCUT2D eigenvalue weighted by atomic mass is 9.75. The second-order valence-corrected chi connectivity index (χ2v) is 5.94. The SMILES string of the molecule is CC(C)(C)C(CCCCN)CCCOCC(=O)O. The Labute approximate surface area is 111 Å². The maximum atomic E-state index is 10.3. The molecule has 0 aliphatic heterocycles. The number of ether oxygens (including phenoxy) is 1. The van der Waals surface area contributed by atoms with Crippen LogP contribution in [0.25, 0.3) is 0 Å². The van der Waals surface area contributed by atoms with Gasteiger partial charge in [-0.15, -0.1) is 0 Å². The summed E-state index contributed by atoms with van der Waals surface area (Å²) in [7, 11) is 0. The van der Waals surface area contributed by atoms with Gasteiger partial charge < -0.3 is 15.6 Å². The Bertz CT molecular complexity index is 224. The Kier molecular flexibility index (Phi) is 9.02. The molecule has 3 N–H and O–H groups in total. The molecule has 0 radical (unpaired) electrons. The Morgan fingerprint density at radius 3 is 2.33 bits per heavy atom. The van der Waals surface area contributed by atoms with Crippen LogP contribution in [0.1, 0.15) is 52.9 Å². The molecule has 4 heteroatoms. The molecule has 0 aliphatic rings. The third kappa shape index (κ3) is 9.42. The van der Waals surface area contributed by atoms with Gasteiger partial charge in [-0.3, -0.25) is 0 Å². The van der Waals surface area contributed by atoms with Crippen LogP contribution in [-0.4, -0.2) is 30.8 Å². The molecule has 0 rings (SSSR count). The maximum absolute atomic E-state index is 10.3. The predicted octanol–water partition coefficient (Wildman–Crippen LogP) is 2.66. The average molecular weight is 259 g/mol. The minimum Gasteiger partial charge on any atom is -0.480 e. The van der Waals surface area contributed by atoms with Crippen LogP contribution in [-0.2, 0) is 9.53 Å². The molecule has 0 amide bonds. The minimum atomic E-state index is -0.898. The zero-order chi connectivity index (χ0) is 14.0. The number of carboxylic acid groups (broad SMARTS) is 1. The molecule has 0 aliphatic carbocycles. The molecule has 0 saturated heterocycles. The van der Waals surface area contributed by atoms with Crippen molar-refractivity contribution >= 4 is 5.97 Å². The van der Waals surface area contributed by atoms with Crippen molar-refractivity contribution in [2.24, 2.45) is 17.1 Å². The van der Waals surface area contributed by atoms with Crippen molar-refractivity contribution in [3.8, 4) is 0 Å². The fraction of sp³-hybridized carbons (Fsp3) is 0.929. The van der Waals surface area contributed by atoms with E-state index in [9.17, 15) is 4.79 Å². The van der Waals surface area contributed by atoms with Gasteiger partial charge in [-0.1, -0.05) is 27.2 Å². The van der Waals surface area contributed by atoms with Crippen LogP contribution in [0.4, 0.5) is 0 Å². The summed E-state index contributed by atoms with van der Waals surface area (Å²) in [5.74, 6) is -0.247. The molecule has 0 saturated carbocycles. The normalized spacial score (nSPS) is 13.6. The van der Waals surface area contributed by atoms with Crippen molar-refractivity contribution in [3.05, 3.63) is 0 Å². The molecular weight excluding hydrogens is 230 g/mol. The van der Waals surface area contributed by atoms with Crippen LogP contribution in [0, 0.1) is 11.3 Å². The van der Waals surface area contributed by atoms with Gasteiger partial charge in [0, 0.05) is 6.61 Å². The summed E-state index contributed by atoms with van der Waals surface area (Å²) >= 11 is 0. The van der Waals surface area contributed by atoms with Crippen LogP contribution in [0.5, 0.6) is 0 Å². The number of carbonyl (C=O) groups is 1. The monoisotopic (exact) mass is 259 g/mol. The second-order valence-electron chi connectivity index (χ2n) is 5.94. The highest BCUT2D eigenvalue weighted by atomic mass is 16.5. The third-order valence-corrected chi connectivity index (χ3v) is 3.30. The highest BCUT2D eigenvalue weighted by Gasteiger charge is 2.23. The molecule has 0 heterocycles. The van der Waals surface area contributed by atoms with Crippen molar-refractivity contribution in [1.29, 1.82) is 0 Å². The zero-order valence-corrected chi connectivity index (χ0v) is 12.1. The van der Waals surface area contributed by atoms with Gasteiger partial charge in [-0.25, -0.2) is 4.79 Å². The molecule has 1 atom stereocenters. The van der Waals surface area contributed by atoms with E-state index in [1.165, 1.54) is 12.8 Å². The van der Waals surface area contributed by atoms with E-state index in [0.29, 0.717) is 17.9 Å². The van der Waals surface area contributed by atoms with E-state index < -0.39 is 5.97 Å². The summed E-state index contributed by atoms with van der Waals surface area (Å²) in [6, 6.07) is 0. The summed E-state index contributed by atoms with van der Waals surface area (Å²) < 4.78 is 5.06. The van der Waals surface area contributed by atoms with Gasteiger partial charge >= 0.3 is 5.97 Å². The minimum absolute atomic E-state index is 0.187. The van der Waals surface area contributed by atoms with Crippen LogP contribution in [0.15, 0.2) is 0 Å². The number of rotatable bonds is 10. The summed E-state index contributed by atoms with van der Waals surface area (Å²) in [6.07, 6.45) is 5.47. The first kappa shape index (κ1) is 17.4.